The van der Waals surface area contributed by atoms with Crippen LogP contribution in [0.3, 0.4) is 0 Å². The van der Waals surface area contributed by atoms with E-state index in [9.17, 15) is 10.1 Å². The molecule has 3 aromatic rings. The number of hydrogen-bond donors (Lipinski definition) is 0. The van der Waals surface area contributed by atoms with Crippen molar-refractivity contribution in [3.05, 3.63) is 57.6 Å². The maximum Gasteiger partial charge on any atom is 0.270 e. The smallest absolute Gasteiger partial charge is 0.270 e. The van der Waals surface area contributed by atoms with Crippen molar-refractivity contribution in [2.24, 2.45) is 0 Å². The Hall–Kier alpha value is -2.14. The summed E-state index contributed by atoms with van der Waals surface area (Å²) in [5.41, 5.74) is 1.98. The van der Waals surface area contributed by atoms with Gasteiger partial charge in [-0.25, -0.2) is 0 Å². The van der Waals surface area contributed by atoms with Gasteiger partial charge in [0.2, 0.25) is 0 Å². The Labute approximate surface area is 117 Å². The molecular weight excluding hydrogens is 308 g/mol. The van der Waals surface area contributed by atoms with Crippen molar-refractivity contribution in [3.63, 3.8) is 0 Å². The van der Waals surface area contributed by atoms with E-state index in [4.69, 9.17) is 0 Å². The maximum atomic E-state index is 10.9. The van der Waals surface area contributed by atoms with E-state index in [-0.39, 0.29) is 10.6 Å². The molecule has 0 radical (unpaired) electrons. The van der Waals surface area contributed by atoms with E-state index in [1.807, 2.05) is 22.8 Å². The number of nitro benzene ring substituents is 1. The van der Waals surface area contributed by atoms with Crippen LogP contribution < -0.4 is 0 Å². The van der Waals surface area contributed by atoms with E-state index in [0.29, 0.717) is 0 Å². The van der Waals surface area contributed by atoms with Gasteiger partial charge in [-0.1, -0.05) is 22.5 Å². The molecule has 0 aliphatic rings. The number of aromatic nitrogens is 1. The second-order valence-corrected chi connectivity index (χ2v) is 5.09. The van der Waals surface area contributed by atoms with Crippen LogP contribution in [0.15, 0.2) is 47.4 Å². The average Bonchev–Trinajstić information content (AvgIpc) is 2.71. The van der Waals surface area contributed by atoms with Gasteiger partial charge in [-0.05, 0) is 24.3 Å². The molecule has 0 saturated carbocycles. The van der Waals surface area contributed by atoms with Crippen LogP contribution in [0.25, 0.3) is 28.0 Å². The molecule has 4 nitrogen and oxygen atoms in total. The van der Waals surface area contributed by atoms with E-state index < -0.39 is 0 Å². The fourth-order valence-corrected chi connectivity index (χ4v) is 2.69. The summed E-state index contributed by atoms with van der Waals surface area (Å²) in [7, 11) is 0. The van der Waals surface area contributed by atoms with E-state index in [1.165, 1.54) is 6.07 Å². The summed E-state index contributed by atoms with van der Waals surface area (Å²) in [6, 6.07) is 10.7. The molecule has 5 heteroatoms. The lowest BCUT2D eigenvalue weighted by Crippen LogP contribution is -1.88. The van der Waals surface area contributed by atoms with Gasteiger partial charge in [0.15, 0.2) is 0 Å². The summed E-state index contributed by atoms with van der Waals surface area (Å²) >= 11 is 3.43. The molecule has 0 spiro atoms. The average molecular weight is 317 g/mol. The number of hydrogen-bond acceptors (Lipinski definition) is 2. The third-order valence-corrected chi connectivity index (χ3v) is 3.63. The summed E-state index contributed by atoms with van der Waals surface area (Å²) in [5.74, 6) is 0. The lowest BCUT2D eigenvalue weighted by molar-refractivity contribution is -0.384. The molecule has 0 saturated heterocycles. The molecule has 94 valence electrons. The van der Waals surface area contributed by atoms with E-state index in [2.05, 4.69) is 22.5 Å². The van der Waals surface area contributed by atoms with Crippen LogP contribution in [0.1, 0.15) is 0 Å². The molecule has 0 N–H and O–H groups in total. The molecule has 19 heavy (non-hydrogen) atoms. The zero-order valence-corrected chi connectivity index (χ0v) is 11.4. The van der Waals surface area contributed by atoms with Gasteiger partial charge in [-0.2, -0.15) is 0 Å². The zero-order chi connectivity index (χ0) is 13.6. The number of nitro groups is 1. The minimum absolute atomic E-state index is 0.0931. The molecule has 0 atom stereocenters. The zero-order valence-electron chi connectivity index (χ0n) is 9.84. The highest BCUT2D eigenvalue weighted by Crippen LogP contribution is 2.33. The Bertz CT molecular complexity index is 836. The molecule has 0 unspecified atom stereocenters. The van der Waals surface area contributed by atoms with Crippen LogP contribution >= 0.6 is 15.9 Å². The van der Waals surface area contributed by atoms with Crippen LogP contribution in [-0.2, 0) is 0 Å². The maximum absolute atomic E-state index is 10.9. The highest BCUT2D eigenvalue weighted by atomic mass is 79.9. The normalized spacial score (nSPS) is 11.0. The summed E-state index contributed by atoms with van der Waals surface area (Å²) < 4.78 is 2.87. The van der Waals surface area contributed by atoms with Crippen molar-refractivity contribution in [1.82, 2.24) is 4.57 Å². The first kappa shape index (κ1) is 11.9. The van der Waals surface area contributed by atoms with Crippen LogP contribution in [0.4, 0.5) is 5.69 Å². The number of halogens is 1. The number of nitrogens with zero attached hydrogens (tertiary/aromatic N) is 2. The molecule has 1 heterocycles. The first-order valence-corrected chi connectivity index (χ1v) is 6.41. The summed E-state index contributed by atoms with van der Waals surface area (Å²) in [4.78, 5) is 10.5. The van der Waals surface area contributed by atoms with Gasteiger partial charge in [0.1, 0.15) is 0 Å². The molecule has 0 bridgehead atoms. The fraction of sp³-hybridized carbons (Fsp3) is 0. The molecule has 0 aliphatic heterocycles. The molecule has 3 rings (SSSR count). The third kappa shape index (κ3) is 1.74. The van der Waals surface area contributed by atoms with Crippen LogP contribution in [0.2, 0.25) is 0 Å². The van der Waals surface area contributed by atoms with E-state index >= 15 is 0 Å². The highest BCUT2D eigenvalue weighted by molar-refractivity contribution is 9.10. The van der Waals surface area contributed by atoms with Gasteiger partial charge in [0, 0.05) is 33.6 Å². The Kier molecular flexibility index (Phi) is 2.64. The standard InChI is InChI=1S/C14H9BrN2O2/c1-2-16-13-5-3-9(15)7-11(13)12-8-10(17(18)19)4-6-14(12)16/h2-8H,1H2. The van der Waals surface area contributed by atoms with Crippen LogP contribution in [-0.4, -0.2) is 9.49 Å². The first-order chi connectivity index (χ1) is 9.11. The van der Waals surface area contributed by atoms with Crippen LogP contribution in [0, 0.1) is 10.1 Å². The number of benzene rings is 2. The number of rotatable bonds is 2. The predicted octanol–water partition coefficient (Wildman–Crippen LogP) is 4.57. The topological polar surface area (TPSA) is 48.1 Å². The quantitative estimate of drug-likeness (QED) is 0.513. The second-order valence-electron chi connectivity index (χ2n) is 4.17. The molecular formula is C14H9BrN2O2. The van der Waals surface area contributed by atoms with Crippen molar-refractivity contribution in [2.45, 2.75) is 0 Å². The fourth-order valence-electron chi connectivity index (χ4n) is 2.32. The van der Waals surface area contributed by atoms with Gasteiger partial charge in [0.25, 0.3) is 5.69 Å². The van der Waals surface area contributed by atoms with Crippen molar-refractivity contribution in [2.75, 3.05) is 0 Å². The van der Waals surface area contributed by atoms with E-state index in [0.717, 1.165) is 26.3 Å². The summed E-state index contributed by atoms with van der Waals surface area (Å²) in [6.45, 7) is 3.80. The Morgan fingerprint density at radius 3 is 2.42 bits per heavy atom. The monoisotopic (exact) mass is 316 g/mol. The lowest BCUT2D eigenvalue weighted by atomic mass is 10.1. The Morgan fingerprint density at radius 1 is 1.16 bits per heavy atom. The van der Waals surface area contributed by atoms with Crippen molar-refractivity contribution < 1.29 is 4.92 Å². The summed E-state index contributed by atoms with van der Waals surface area (Å²) in [5, 5.41) is 12.7. The Balaban J connectivity index is 2.52. The highest BCUT2D eigenvalue weighted by Gasteiger charge is 2.13. The number of non-ortho nitro benzene ring substituents is 1. The third-order valence-electron chi connectivity index (χ3n) is 3.14. The molecule has 0 aliphatic carbocycles. The molecule has 2 aromatic carbocycles. The predicted molar refractivity (Wildman–Crippen MR) is 80.2 cm³/mol. The van der Waals surface area contributed by atoms with Gasteiger partial charge in [-0.3, -0.25) is 10.1 Å². The summed E-state index contributed by atoms with van der Waals surface area (Å²) in [6.07, 6.45) is 1.71. The Morgan fingerprint density at radius 2 is 1.79 bits per heavy atom. The van der Waals surface area contributed by atoms with E-state index in [1.54, 1.807) is 18.3 Å². The van der Waals surface area contributed by atoms with Crippen molar-refractivity contribution >= 4 is 49.6 Å². The molecule has 1 aromatic heterocycles. The first-order valence-electron chi connectivity index (χ1n) is 5.62. The number of fused-ring (bicyclic) bond motifs is 3. The SMILES string of the molecule is C=Cn1c2ccc(Br)cc2c2cc([N+](=O)[O-])ccc21. The second kappa shape index (κ2) is 4.20. The van der Waals surface area contributed by atoms with Crippen molar-refractivity contribution in [3.8, 4) is 0 Å². The van der Waals surface area contributed by atoms with Crippen molar-refractivity contribution in [1.29, 1.82) is 0 Å². The van der Waals surface area contributed by atoms with Crippen LogP contribution in [0.5, 0.6) is 0 Å². The van der Waals surface area contributed by atoms with Gasteiger partial charge in [-0.15, -0.1) is 0 Å². The minimum Gasteiger partial charge on any atom is -0.317 e. The van der Waals surface area contributed by atoms with Gasteiger partial charge >= 0.3 is 0 Å². The van der Waals surface area contributed by atoms with Gasteiger partial charge in [0.05, 0.1) is 16.0 Å². The van der Waals surface area contributed by atoms with Gasteiger partial charge < -0.3 is 4.57 Å². The largest absolute Gasteiger partial charge is 0.317 e. The molecule has 0 fully saturated rings. The molecule has 0 amide bonds. The lowest BCUT2D eigenvalue weighted by Gasteiger charge is -1.98. The minimum atomic E-state index is -0.380.